The second-order valence-corrected chi connectivity index (χ2v) is 15.0. The minimum absolute atomic E-state index is 0.0146. The van der Waals surface area contributed by atoms with Crippen molar-refractivity contribution in [3.63, 3.8) is 0 Å². The maximum atomic E-state index is 12.2. The molecule has 8 nitrogen and oxygen atoms in total. The molecule has 0 spiro atoms. The molecule has 5 rings (SSSR count). The lowest BCUT2D eigenvalue weighted by molar-refractivity contribution is -0.149. The van der Waals surface area contributed by atoms with Crippen LogP contribution in [-0.4, -0.2) is 48.8 Å². The number of ether oxygens (including phenoxy) is 3. The van der Waals surface area contributed by atoms with Gasteiger partial charge in [-0.1, -0.05) is 99.6 Å². The lowest BCUT2D eigenvalue weighted by Gasteiger charge is -2.19. The zero-order valence-corrected chi connectivity index (χ0v) is 33.4. The fourth-order valence-corrected chi connectivity index (χ4v) is 6.72. The van der Waals surface area contributed by atoms with Gasteiger partial charge in [0, 0.05) is 13.0 Å². The van der Waals surface area contributed by atoms with Gasteiger partial charge in [-0.05, 0) is 98.5 Å². The van der Waals surface area contributed by atoms with Crippen molar-refractivity contribution in [2.24, 2.45) is 0 Å². The Morgan fingerprint density at radius 2 is 1.11 bits per heavy atom. The van der Waals surface area contributed by atoms with Crippen molar-refractivity contribution in [3.05, 3.63) is 151 Å². The Hall–Kier alpha value is -4.75. The number of alkyl halides is 2. The molecule has 296 valence electrons. The number of halogens is 2. The number of esters is 1. The predicted octanol–water partition coefficient (Wildman–Crippen LogP) is 9.82. The summed E-state index contributed by atoms with van der Waals surface area (Å²) >= 11 is 0. The molecule has 0 radical (unpaired) electrons. The quantitative estimate of drug-likeness (QED) is 0.0541. The Morgan fingerprint density at radius 3 is 1.45 bits per heavy atom. The number of benzene rings is 5. The highest BCUT2D eigenvalue weighted by Crippen LogP contribution is 2.30. The van der Waals surface area contributed by atoms with Crippen molar-refractivity contribution in [3.8, 4) is 11.5 Å². The maximum absolute atomic E-state index is 12.2. The summed E-state index contributed by atoms with van der Waals surface area (Å²) in [6, 6.07) is 47.5. The molecule has 0 fully saturated rings. The Bertz CT molecular complexity index is 1790. The summed E-state index contributed by atoms with van der Waals surface area (Å²) < 4.78 is 68.7. The highest BCUT2D eigenvalue weighted by molar-refractivity contribution is 7.97. The number of carbonyl (C=O) groups is 1. The van der Waals surface area contributed by atoms with Crippen LogP contribution < -0.4 is 4.74 Å². The Labute approximate surface area is 327 Å². The van der Waals surface area contributed by atoms with Crippen molar-refractivity contribution in [1.82, 2.24) is 0 Å². The Morgan fingerprint density at radius 1 is 0.709 bits per heavy atom. The van der Waals surface area contributed by atoms with E-state index in [0.717, 1.165) is 18.6 Å². The van der Waals surface area contributed by atoms with Crippen LogP contribution in [0.4, 0.5) is 8.78 Å². The number of hydrogen-bond acceptors (Lipinski definition) is 8. The van der Waals surface area contributed by atoms with Gasteiger partial charge in [-0.3, -0.25) is 4.79 Å². The van der Waals surface area contributed by atoms with Crippen LogP contribution in [0.25, 0.3) is 0 Å². The van der Waals surface area contributed by atoms with E-state index >= 15 is 0 Å². The van der Waals surface area contributed by atoms with Crippen LogP contribution in [0.15, 0.2) is 154 Å². The van der Waals surface area contributed by atoms with Crippen LogP contribution >= 0.6 is 0 Å². The molecule has 1 unspecified atom stereocenters. The van der Waals surface area contributed by atoms with Gasteiger partial charge in [-0.25, -0.2) is 8.42 Å². The molecule has 0 aliphatic rings. The summed E-state index contributed by atoms with van der Waals surface area (Å²) in [5.74, 6) is 0.207. The van der Waals surface area contributed by atoms with Gasteiger partial charge in [-0.15, -0.1) is 0 Å². The summed E-state index contributed by atoms with van der Waals surface area (Å²) in [6.07, 6.45) is 1.74. The van der Waals surface area contributed by atoms with Crippen LogP contribution in [0.3, 0.4) is 0 Å². The van der Waals surface area contributed by atoms with Gasteiger partial charge in [-0.2, -0.15) is 8.78 Å². The predicted molar refractivity (Wildman–Crippen MR) is 212 cm³/mol. The summed E-state index contributed by atoms with van der Waals surface area (Å²) in [5.41, 5.74) is 2.58. The summed E-state index contributed by atoms with van der Waals surface area (Å²) in [5, 5.41) is 4.29. The highest BCUT2D eigenvalue weighted by Gasteiger charge is 2.39. The van der Waals surface area contributed by atoms with Gasteiger partial charge in [0.1, 0.15) is 11.5 Å². The van der Waals surface area contributed by atoms with Gasteiger partial charge >= 0.3 is 11.2 Å². The maximum Gasteiger partial charge on any atom is 0.367 e. The van der Waals surface area contributed by atoms with Crippen molar-refractivity contribution in [2.75, 3.05) is 13.2 Å². The summed E-state index contributed by atoms with van der Waals surface area (Å²) in [6.45, 7) is 8.37. The first-order valence-electron chi connectivity index (χ1n) is 17.8. The number of hydrogen-bond donors (Lipinski definition) is 1. The molecule has 0 saturated carbocycles. The average molecular weight is 797 g/mol. The van der Waals surface area contributed by atoms with E-state index in [2.05, 4.69) is 122 Å². The number of phenolic OH excluding ortho intramolecular Hbond substituents is 1. The molecular formula is C43H50F2O8S2. The first-order valence-corrected chi connectivity index (χ1v) is 20.4. The van der Waals surface area contributed by atoms with E-state index in [1.165, 1.54) is 32.7 Å². The number of aromatic hydroxyl groups is 1. The van der Waals surface area contributed by atoms with Crippen LogP contribution in [0.2, 0.25) is 0 Å². The second-order valence-electron chi connectivity index (χ2n) is 11.5. The van der Waals surface area contributed by atoms with Crippen molar-refractivity contribution >= 4 is 27.0 Å². The Balaban J connectivity index is 0.000000262. The van der Waals surface area contributed by atoms with Gasteiger partial charge < -0.3 is 23.9 Å². The van der Waals surface area contributed by atoms with Crippen molar-refractivity contribution in [2.45, 2.75) is 80.1 Å². The van der Waals surface area contributed by atoms with E-state index in [1.54, 1.807) is 12.1 Å². The molecule has 0 aliphatic carbocycles. The first kappa shape index (κ1) is 46.4. The molecular weight excluding hydrogens is 747 g/mol. The summed E-state index contributed by atoms with van der Waals surface area (Å²) in [7, 11) is -5.78. The molecule has 0 aliphatic heterocycles. The molecule has 0 bridgehead atoms. The van der Waals surface area contributed by atoms with Gasteiger partial charge in [0.05, 0.1) is 10.9 Å². The highest BCUT2D eigenvalue weighted by atomic mass is 32.2. The molecule has 0 saturated heterocycles. The topological polar surface area (TPSA) is 122 Å². The largest absolute Gasteiger partial charge is 0.743 e. The molecule has 5 aromatic rings. The van der Waals surface area contributed by atoms with E-state index in [0.29, 0.717) is 12.4 Å². The zero-order chi connectivity index (χ0) is 40.7. The second kappa shape index (κ2) is 24.6. The molecule has 1 atom stereocenters. The third kappa shape index (κ3) is 17.5. The third-order valence-corrected chi connectivity index (χ3v) is 10.5. The van der Waals surface area contributed by atoms with E-state index in [4.69, 9.17) is 14.6 Å². The molecule has 0 amide bonds. The lowest BCUT2D eigenvalue weighted by atomic mass is 10.2. The summed E-state index contributed by atoms with van der Waals surface area (Å²) in [4.78, 5) is 14.4. The smallest absolute Gasteiger partial charge is 0.367 e. The lowest BCUT2D eigenvalue weighted by Crippen LogP contribution is -2.34. The molecule has 5 aromatic carbocycles. The van der Waals surface area contributed by atoms with Crippen LogP contribution in [0, 0.1) is 0 Å². The van der Waals surface area contributed by atoms with Gasteiger partial charge in [0.2, 0.25) is 0 Å². The molecule has 12 heteroatoms. The van der Waals surface area contributed by atoms with E-state index in [1.807, 2.05) is 38.1 Å². The molecule has 0 aromatic heterocycles. The minimum atomic E-state index is -5.77. The molecule has 55 heavy (non-hydrogen) atoms. The number of phenols is 1. The van der Waals surface area contributed by atoms with E-state index in [-0.39, 0.29) is 23.6 Å². The number of aryl methyl sites for hydroxylation is 2. The van der Waals surface area contributed by atoms with Gasteiger partial charge in [0.15, 0.2) is 37.7 Å². The van der Waals surface area contributed by atoms with Crippen molar-refractivity contribution in [1.29, 1.82) is 0 Å². The fraction of sp³-hybridized carbons (Fsp3) is 0.279. The molecule has 1 N–H and O–H groups in total. The van der Waals surface area contributed by atoms with E-state index in [9.17, 15) is 26.5 Å². The number of carbonyl (C=O) groups excluding carboxylic acids is 1. The third-order valence-electron chi connectivity index (χ3n) is 7.37. The standard InChI is InChI=1S/C18H15S.C12H18O2.C8H10O.C5H8F2O5S/c1-4-10-16(11-5-1)19(17-12-6-2-7-13-17)18-14-8-3-9-15-18;1-4-11-6-8-12(9-7-11)14-10(3)13-5-2;1-2-7-3-5-8(9)6-4-7;1-2-4(8)12-3-5(6,7)13(9,10)11/h1-15H;6-10H,4-5H2,1-3H3;3-6,9H,2H2,1H3;2-3H2,1H3,(H,9,10,11)/q+1;;;/p-1. The van der Waals surface area contributed by atoms with Gasteiger partial charge in [0.25, 0.3) is 0 Å². The normalized spacial score (nSPS) is 11.4. The monoisotopic (exact) mass is 796 g/mol. The SMILES string of the molecule is CCC(=O)OCC(F)(F)S(=O)(=O)[O-].CCOC(C)Oc1ccc(CC)cc1.CCc1ccc(O)cc1.c1ccc([S+](c2ccccc2)c2ccccc2)cc1. The van der Waals surface area contributed by atoms with Crippen LogP contribution in [0.5, 0.6) is 11.5 Å². The molecule has 0 heterocycles. The van der Waals surface area contributed by atoms with E-state index < -0.39 is 27.9 Å². The van der Waals surface area contributed by atoms with Crippen LogP contribution in [0.1, 0.15) is 52.2 Å². The fourth-order valence-electron chi connectivity index (χ4n) is 4.41. The Kier molecular flexibility index (Phi) is 20.8. The minimum Gasteiger partial charge on any atom is -0.743 e. The average Bonchev–Trinajstić information content (AvgIpc) is 3.19. The number of rotatable bonds is 13. The zero-order valence-electron chi connectivity index (χ0n) is 31.8. The van der Waals surface area contributed by atoms with Crippen LogP contribution in [-0.2, 0) is 48.1 Å². The van der Waals surface area contributed by atoms with Crippen molar-refractivity contribution < 1.29 is 45.9 Å². The first-order chi connectivity index (χ1) is 26.2.